The third kappa shape index (κ3) is 4.82. The number of carbonyl (C=O) groups excluding carboxylic acids is 2. The van der Waals surface area contributed by atoms with E-state index in [0.29, 0.717) is 24.6 Å². The van der Waals surface area contributed by atoms with Gasteiger partial charge in [0.15, 0.2) is 0 Å². The van der Waals surface area contributed by atoms with Gasteiger partial charge in [-0.1, -0.05) is 13.8 Å². The molecule has 1 aliphatic rings. The minimum Gasteiger partial charge on any atom is -0.342 e. The Bertz CT molecular complexity index is 790. The SMILES string of the molecule is CC(=O)N(CCNS(=O)(=O)c1ccc2c(c1)CC(=O)N2C)CCC(C)C. The van der Waals surface area contributed by atoms with E-state index in [1.807, 2.05) is 0 Å². The molecular formula is C18H27N3O4S. The van der Waals surface area contributed by atoms with Crippen LogP contribution in [-0.4, -0.2) is 51.8 Å². The average Bonchev–Trinajstić information content (AvgIpc) is 2.84. The number of benzene rings is 1. The summed E-state index contributed by atoms with van der Waals surface area (Å²) in [6.07, 6.45) is 1.08. The molecule has 1 N–H and O–H groups in total. The van der Waals surface area contributed by atoms with Crippen molar-refractivity contribution in [3.63, 3.8) is 0 Å². The highest BCUT2D eigenvalue weighted by molar-refractivity contribution is 7.89. The summed E-state index contributed by atoms with van der Waals surface area (Å²) >= 11 is 0. The van der Waals surface area contributed by atoms with Gasteiger partial charge in [-0.15, -0.1) is 0 Å². The number of anilines is 1. The van der Waals surface area contributed by atoms with Crippen LogP contribution in [0.3, 0.4) is 0 Å². The van der Waals surface area contributed by atoms with Gasteiger partial charge in [0, 0.05) is 39.3 Å². The van der Waals surface area contributed by atoms with Crippen molar-refractivity contribution in [1.82, 2.24) is 9.62 Å². The van der Waals surface area contributed by atoms with E-state index in [4.69, 9.17) is 0 Å². The number of nitrogens with one attached hydrogen (secondary N) is 1. The molecule has 1 aromatic rings. The van der Waals surface area contributed by atoms with E-state index in [0.717, 1.165) is 12.1 Å². The first-order valence-corrected chi connectivity index (χ1v) is 10.2. The predicted octanol–water partition coefficient (Wildman–Crippen LogP) is 1.38. The maximum atomic E-state index is 12.5. The Labute approximate surface area is 155 Å². The molecule has 0 saturated carbocycles. The van der Waals surface area contributed by atoms with Crippen molar-refractivity contribution in [2.45, 2.75) is 38.5 Å². The van der Waals surface area contributed by atoms with Crippen LogP contribution >= 0.6 is 0 Å². The van der Waals surface area contributed by atoms with Crippen molar-refractivity contribution in [1.29, 1.82) is 0 Å². The normalized spacial score (nSPS) is 14.0. The highest BCUT2D eigenvalue weighted by Gasteiger charge is 2.26. The van der Waals surface area contributed by atoms with Gasteiger partial charge in [0.2, 0.25) is 21.8 Å². The maximum Gasteiger partial charge on any atom is 0.240 e. The van der Waals surface area contributed by atoms with E-state index in [2.05, 4.69) is 18.6 Å². The van der Waals surface area contributed by atoms with Crippen LogP contribution in [0.15, 0.2) is 23.1 Å². The van der Waals surface area contributed by atoms with Crippen LogP contribution in [0.25, 0.3) is 0 Å². The number of fused-ring (bicyclic) bond motifs is 1. The molecule has 8 heteroatoms. The molecule has 0 saturated heterocycles. The summed E-state index contributed by atoms with van der Waals surface area (Å²) < 4.78 is 27.5. The number of sulfonamides is 1. The van der Waals surface area contributed by atoms with Crippen molar-refractivity contribution < 1.29 is 18.0 Å². The molecule has 26 heavy (non-hydrogen) atoms. The number of nitrogens with zero attached hydrogens (tertiary/aromatic N) is 2. The second kappa shape index (κ2) is 8.18. The van der Waals surface area contributed by atoms with Crippen molar-refractivity contribution in [3.8, 4) is 0 Å². The summed E-state index contributed by atoms with van der Waals surface area (Å²) in [6, 6.07) is 4.69. The first-order chi connectivity index (χ1) is 12.1. The van der Waals surface area contributed by atoms with Crippen LogP contribution in [-0.2, 0) is 26.0 Å². The monoisotopic (exact) mass is 381 g/mol. The number of likely N-dealkylation sites (N-methyl/N-ethyl adjacent to an activating group) is 1. The minimum absolute atomic E-state index is 0.0511. The summed E-state index contributed by atoms with van der Waals surface area (Å²) in [5, 5.41) is 0. The van der Waals surface area contributed by atoms with Gasteiger partial charge in [-0.25, -0.2) is 13.1 Å². The zero-order valence-electron chi connectivity index (χ0n) is 15.8. The van der Waals surface area contributed by atoms with Gasteiger partial charge in [-0.05, 0) is 36.1 Å². The molecule has 1 aliphatic heterocycles. The summed E-state index contributed by atoms with van der Waals surface area (Å²) in [7, 11) is -2.01. The lowest BCUT2D eigenvalue weighted by Gasteiger charge is -2.22. The molecule has 1 aromatic carbocycles. The topological polar surface area (TPSA) is 86.8 Å². The van der Waals surface area contributed by atoms with Crippen LogP contribution in [0, 0.1) is 5.92 Å². The van der Waals surface area contributed by atoms with E-state index in [1.165, 1.54) is 17.9 Å². The number of rotatable bonds is 8. The van der Waals surface area contributed by atoms with E-state index < -0.39 is 10.0 Å². The van der Waals surface area contributed by atoms with Gasteiger partial charge >= 0.3 is 0 Å². The molecule has 0 atom stereocenters. The lowest BCUT2D eigenvalue weighted by atomic mass is 10.1. The Hall–Kier alpha value is -1.93. The highest BCUT2D eigenvalue weighted by Crippen LogP contribution is 2.29. The molecule has 0 unspecified atom stereocenters. The summed E-state index contributed by atoms with van der Waals surface area (Å²) in [5.41, 5.74) is 1.45. The number of carbonyl (C=O) groups is 2. The smallest absolute Gasteiger partial charge is 0.240 e. The molecule has 0 radical (unpaired) electrons. The van der Waals surface area contributed by atoms with E-state index in [1.54, 1.807) is 24.1 Å². The molecule has 0 aromatic heterocycles. The van der Waals surface area contributed by atoms with Gasteiger partial charge in [-0.2, -0.15) is 0 Å². The van der Waals surface area contributed by atoms with Crippen LogP contribution in [0.4, 0.5) is 5.69 Å². The summed E-state index contributed by atoms with van der Waals surface area (Å²) in [5.74, 6) is 0.356. The molecule has 0 fully saturated rings. The second-order valence-electron chi connectivity index (χ2n) is 7.01. The zero-order chi connectivity index (χ0) is 19.5. The van der Waals surface area contributed by atoms with Crippen LogP contribution in [0.1, 0.15) is 32.8 Å². The van der Waals surface area contributed by atoms with E-state index in [-0.39, 0.29) is 29.7 Å². The van der Waals surface area contributed by atoms with Crippen molar-refractivity contribution in [2.24, 2.45) is 5.92 Å². The Morgan fingerprint density at radius 1 is 1.31 bits per heavy atom. The number of hydrogen-bond acceptors (Lipinski definition) is 4. The molecule has 2 rings (SSSR count). The first-order valence-electron chi connectivity index (χ1n) is 8.76. The van der Waals surface area contributed by atoms with Crippen molar-refractivity contribution >= 4 is 27.5 Å². The largest absolute Gasteiger partial charge is 0.342 e. The molecule has 0 aliphatic carbocycles. The van der Waals surface area contributed by atoms with Gasteiger partial charge in [-0.3, -0.25) is 9.59 Å². The molecule has 1 heterocycles. The van der Waals surface area contributed by atoms with Gasteiger partial charge in [0.25, 0.3) is 0 Å². The Balaban J connectivity index is 2.00. The fourth-order valence-corrected chi connectivity index (χ4v) is 3.92. The number of hydrogen-bond donors (Lipinski definition) is 1. The predicted molar refractivity (Wildman–Crippen MR) is 100 cm³/mol. The first kappa shape index (κ1) is 20.4. The molecule has 7 nitrogen and oxygen atoms in total. The van der Waals surface area contributed by atoms with Gasteiger partial charge in [0.05, 0.1) is 11.3 Å². The second-order valence-corrected chi connectivity index (χ2v) is 8.77. The molecule has 144 valence electrons. The fourth-order valence-electron chi connectivity index (χ4n) is 2.85. The quantitative estimate of drug-likeness (QED) is 0.737. The molecule has 0 spiro atoms. The minimum atomic E-state index is -3.69. The zero-order valence-corrected chi connectivity index (χ0v) is 16.6. The maximum absolute atomic E-state index is 12.5. The van der Waals surface area contributed by atoms with Crippen LogP contribution in [0.5, 0.6) is 0 Å². The average molecular weight is 381 g/mol. The summed E-state index contributed by atoms with van der Waals surface area (Å²) in [6.45, 7) is 6.74. The van der Waals surface area contributed by atoms with E-state index in [9.17, 15) is 18.0 Å². The summed E-state index contributed by atoms with van der Waals surface area (Å²) in [4.78, 5) is 26.7. The van der Waals surface area contributed by atoms with Crippen LogP contribution < -0.4 is 9.62 Å². The van der Waals surface area contributed by atoms with Crippen molar-refractivity contribution in [2.75, 3.05) is 31.6 Å². The highest BCUT2D eigenvalue weighted by atomic mass is 32.2. The van der Waals surface area contributed by atoms with Crippen molar-refractivity contribution in [3.05, 3.63) is 23.8 Å². The van der Waals surface area contributed by atoms with Crippen LogP contribution in [0.2, 0.25) is 0 Å². The van der Waals surface area contributed by atoms with Gasteiger partial charge < -0.3 is 9.80 Å². The lowest BCUT2D eigenvalue weighted by Crippen LogP contribution is -2.38. The third-order valence-electron chi connectivity index (χ3n) is 4.53. The van der Waals surface area contributed by atoms with Gasteiger partial charge in [0.1, 0.15) is 0 Å². The third-order valence-corrected chi connectivity index (χ3v) is 5.99. The Kier molecular flexibility index (Phi) is 6.41. The lowest BCUT2D eigenvalue weighted by molar-refractivity contribution is -0.129. The standard InChI is InChI=1S/C18H27N3O4S/c1-13(2)7-9-21(14(3)22)10-8-19-26(24,25)16-5-6-17-15(11-16)12-18(23)20(17)4/h5-6,11,13,19H,7-10,12H2,1-4H3. The Morgan fingerprint density at radius 2 is 2.00 bits per heavy atom. The molecule has 2 amide bonds. The molecular weight excluding hydrogens is 354 g/mol. The number of amides is 2. The Morgan fingerprint density at radius 3 is 2.62 bits per heavy atom. The fraction of sp³-hybridized carbons (Fsp3) is 0.556. The molecule has 0 bridgehead atoms. The van der Waals surface area contributed by atoms with E-state index >= 15 is 0 Å².